The van der Waals surface area contributed by atoms with Crippen LogP contribution < -0.4 is 10.2 Å². The predicted molar refractivity (Wildman–Crippen MR) is 139 cm³/mol. The molecule has 0 unspecified atom stereocenters. The minimum atomic E-state index is -0.377. The first kappa shape index (κ1) is 26.2. The highest BCUT2D eigenvalue weighted by Crippen LogP contribution is 2.27. The minimum Gasteiger partial charge on any atom is -0.427 e. The molecule has 9 heteroatoms. The quantitative estimate of drug-likeness (QED) is 0.159. The highest BCUT2D eigenvalue weighted by molar-refractivity contribution is 7.99. The molecular formula is C26H31N5O3S. The maximum atomic E-state index is 12.4. The number of rotatable bonds is 8. The maximum Gasteiger partial charge on any atom is 0.308 e. The molecule has 1 amide bonds. The van der Waals surface area contributed by atoms with E-state index >= 15 is 0 Å². The predicted octanol–water partition coefficient (Wildman–Crippen LogP) is 4.82. The van der Waals surface area contributed by atoms with Crippen molar-refractivity contribution in [2.45, 2.75) is 58.7 Å². The fraction of sp³-hybridized carbons (Fsp3) is 0.346. The molecule has 0 aliphatic rings. The van der Waals surface area contributed by atoms with Crippen molar-refractivity contribution < 1.29 is 14.3 Å². The first-order valence-electron chi connectivity index (χ1n) is 11.4. The molecule has 184 valence electrons. The number of hydrogen-bond acceptors (Lipinski definition) is 7. The Morgan fingerprint density at radius 3 is 2.26 bits per heavy atom. The molecule has 0 atom stereocenters. The molecule has 0 aliphatic heterocycles. The van der Waals surface area contributed by atoms with Gasteiger partial charge in [-0.05, 0) is 54.7 Å². The second kappa shape index (κ2) is 11.3. The van der Waals surface area contributed by atoms with Gasteiger partial charge < -0.3 is 9.30 Å². The summed E-state index contributed by atoms with van der Waals surface area (Å²) in [4.78, 5) is 23.4. The van der Waals surface area contributed by atoms with Crippen LogP contribution in [0.15, 0.2) is 58.8 Å². The summed E-state index contributed by atoms with van der Waals surface area (Å²) >= 11 is 1.32. The molecule has 1 aromatic heterocycles. The highest BCUT2D eigenvalue weighted by Gasteiger charge is 2.17. The highest BCUT2D eigenvalue weighted by atomic mass is 32.2. The summed E-state index contributed by atoms with van der Waals surface area (Å²) in [7, 11) is 0. The number of nitrogens with zero attached hydrogens (tertiary/aromatic N) is 4. The molecule has 2 aromatic carbocycles. The zero-order valence-corrected chi connectivity index (χ0v) is 21.8. The van der Waals surface area contributed by atoms with Gasteiger partial charge in [-0.25, -0.2) is 5.43 Å². The topological polar surface area (TPSA) is 98.5 Å². The third kappa shape index (κ3) is 7.02. The third-order valence-electron chi connectivity index (χ3n) is 5.26. The van der Waals surface area contributed by atoms with E-state index in [1.54, 1.807) is 31.2 Å². The number of thioether (sulfide) groups is 1. The van der Waals surface area contributed by atoms with E-state index in [-0.39, 0.29) is 23.0 Å². The molecule has 0 saturated heterocycles. The molecule has 8 nitrogen and oxygen atoms in total. The summed E-state index contributed by atoms with van der Waals surface area (Å²) in [6.45, 7) is 12.4. The SMILES string of the molecule is CCn1c(SCC(=O)N/N=C(/C)c2ccc(OC(C)=O)cc2)nnc1-c1ccc(C(C)(C)C)cc1. The molecule has 3 rings (SSSR count). The lowest BCUT2D eigenvalue weighted by Gasteiger charge is -2.19. The van der Waals surface area contributed by atoms with Gasteiger partial charge in [0.05, 0.1) is 11.5 Å². The average Bonchev–Trinajstić information content (AvgIpc) is 3.23. The van der Waals surface area contributed by atoms with Crippen molar-refractivity contribution in [3.8, 4) is 17.1 Å². The number of ether oxygens (including phenoxy) is 1. The van der Waals surface area contributed by atoms with Crippen molar-refractivity contribution >= 4 is 29.4 Å². The molecule has 1 N–H and O–H groups in total. The Balaban J connectivity index is 1.61. The van der Waals surface area contributed by atoms with Crippen LogP contribution in [-0.2, 0) is 21.5 Å². The number of hydrogen-bond donors (Lipinski definition) is 1. The number of hydrazone groups is 1. The molecule has 1 heterocycles. The van der Waals surface area contributed by atoms with E-state index in [4.69, 9.17) is 4.74 Å². The van der Waals surface area contributed by atoms with Crippen LogP contribution in [0.4, 0.5) is 0 Å². The summed E-state index contributed by atoms with van der Waals surface area (Å²) in [6.07, 6.45) is 0. The van der Waals surface area contributed by atoms with Gasteiger partial charge in [-0.15, -0.1) is 10.2 Å². The van der Waals surface area contributed by atoms with Gasteiger partial charge in [0.1, 0.15) is 5.75 Å². The van der Waals surface area contributed by atoms with Crippen LogP contribution >= 0.6 is 11.8 Å². The van der Waals surface area contributed by atoms with Crippen molar-refractivity contribution in [3.05, 3.63) is 59.7 Å². The van der Waals surface area contributed by atoms with Crippen LogP contribution in [-0.4, -0.2) is 38.1 Å². The normalized spacial score (nSPS) is 11.9. The first-order valence-corrected chi connectivity index (χ1v) is 12.4. The van der Waals surface area contributed by atoms with Crippen molar-refractivity contribution in [1.82, 2.24) is 20.2 Å². The van der Waals surface area contributed by atoms with E-state index in [9.17, 15) is 9.59 Å². The lowest BCUT2D eigenvalue weighted by atomic mass is 9.87. The van der Waals surface area contributed by atoms with E-state index in [2.05, 4.69) is 65.8 Å². The van der Waals surface area contributed by atoms with Crippen LogP contribution in [0, 0.1) is 0 Å². The van der Waals surface area contributed by atoms with Crippen LogP contribution in [0.3, 0.4) is 0 Å². The average molecular weight is 494 g/mol. The Hall–Kier alpha value is -3.46. The number of benzene rings is 2. The van der Waals surface area contributed by atoms with Gasteiger partial charge >= 0.3 is 5.97 Å². The number of nitrogens with one attached hydrogen (secondary N) is 1. The molecule has 0 spiro atoms. The van der Waals surface area contributed by atoms with Crippen LogP contribution in [0.5, 0.6) is 5.75 Å². The Morgan fingerprint density at radius 1 is 1.03 bits per heavy atom. The standard InChI is InChI=1S/C26H31N5O3S/c1-7-31-24(20-8-12-21(13-9-20)26(4,5)6)29-30-25(31)35-16-23(33)28-27-17(2)19-10-14-22(15-11-19)34-18(3)32/h8-15H,7,16H2,1-6H3,(H,28,33)/b27-17-. The molecule has 3 aromatic rings. The van der Waals surface area contributed by atoms with E-state index in [0.29, 0.717) is 23.2 Å². The number of esters is 1. The molecule has 0 bridgehead atoms. The zero-order chi connectivity index (χ0) is 25.6. The smallest absolute Gasteiger partial charge is 0.308 e. The van der Waals surface area contributed by atoms with Gasteiger partial charge in [-0.1, -0.05) is 56.8 Å². The number of aromatic nitrogens is 3. The zero-order valence-electron chi connectivity index (χ0n) is 21.0. The van der Waals surface area contributed by atoms with Crippen LogP contribution in [0.25, 0.3) is 11.4 Å². The molecule has 0 aliphatic carbocycles. The Bertz CT molecular complexity index is 1210. The van der Waals surface area contributed by atoms with Gasteiger partial charge in [0.25, 0.3) is 5.91 Å². The molecule has 0 saturated carbocycles. The van der Waals surface area contributed by atoms with Gasteiger partial charge in [0.2, 0.25) is 0 Å². The molecule has 0 radical (unpaired) electrons. The van der Waals surface area contributed by atoms with Crippen molar-refractivity contribution in [3.63, 3.8) is 0 Å². The van der Waals surface area contributed by atoms with Gasteiger partial charge in [0.15, 0.2) is 11.0 Å². The maximum absolute atomic E-state index is 12.4. The Kier molecular flexibility index (Phi) is 8.45. The van der Waals surface area contributed by atoms with E-state index < -0.39 is 0 Å². The molecule has 35 heavy (non-hydrogen) atoms. The first-order chi connectivity index (χ1) is 16.6. The van der Waals surface area contributed by atoms with Crippen molar-refractivity contribution in [2.75, 3.05) is 5.75 Å². The Labute approximate surface area is 210 Å². The summed E-state index contributed by atoms with van der Waals surface area (Å²) in [5.74, 6) is 0.773. The Morgan fingerprint density at radius 2 is 1.69 bits per heavy atom. The lowest BCUT2D eigenvalue weighted by Crippen LogP contribution is -2.21. The summed E-state index contributed by atoms with van der Waals surface area (Å²) in [5, 5.41) is 13.5. The third-order valence-corrected chi connectivity index (χ3v) is 6.22. The van der Waals surface area contributed by atoms with Crippen molar-refractivity contribution in [2.24, 2.45) is 5.10 Å². The lowest BCUT2D eigenvalue weighted by molar-refractivity contribution is -0.131. The van der Waals surface area contributed by atoms with E-state index in [1.165, 1.54) is 24.2 Å². The minimum absolute atomic E-state index is 0.0829. The number of amides is 1. The van der Waals surface area contributed by atoms with Crippen LogP contribution in [0.1, 0.15) is 52.7 Å². The monoisotopic (exact) mass is 493 g/mol. The van der Waals surface area contributed by atoms with Gasteiger partial charge in [0, 0.05) is 19.0 Å². The largest absolute Gasteiger partial charge is 0.427 e. The number of carbonyl (C=O) groups excluding carboxylic acids is 2. The summed E-state index contributed by atoms with van der Waals surface area (Å²) in [5.41, 5.74) is 6.35. The second-order valence-electron chi connectivity index (χ2n) is 9.02. The summed E-state index contributed by atoms with van der Waals surface area (Å²) in [6, 6.07) is 15.3. The molecule has 0 fully saturated rings. The van der Waals surface area contributed by atoms with Crippen LogP contribution in [0.2, 0.25) is 0 Å². The fourth-order valence-corrected chi connectivity index (χ4v) is 4.11. The summed E-state index contributed by atoms with van der Waals surface area (Å²) < 4.78 is 7.03. The van der Waals surface area contributed by atoms with E-state index in [1.807, 2.05) is 11.5 Å². The van der Waals surface area contributed by atoms with Crippen molar-refractivity contribution in [1.29, 1.82) is 0 Å². The van der Waals surface area contributed by atoms with Gasteiger partial charge in [-0.2, -0.15) is 5.10 Å². The molecular weight excluding hydrogens is 462 g/mol. The van der Waals surface area contributed by atoms with Gasteiger partial charge in [-0.3, -0.25) is 9.59 Å². The number of carbonyl (C=O) groups is 2. The van der Waals surface area contributed by atoms with E-state index in [0.717, 1.165) is 17.0 Å². The second-order valence-corrected chi connectivity index (χ2v) is 9.96. The fourth-order valence-electron chi connectivity index (χ4n) is 3.32.